The number of aliphatic hydroxyl groups is 2. The normalized spacial score (nSPS) is 25.1. The van der Waals surface area contributed by atoms with Crippen molar-refractivity contribution in [2.24, 2.45) is 0 Å². The smallest absolute Gasteiger partial charge is 0.340 e. The van der Waals surface area contributed by atoms with Gasteiger partial charge >= 0.3 is 15.2 Å². The summed E-state index contributed by atoms with van der Waals surface area (Å²) in [5.74, 6) is -1.39. The van der Waals surface area contributed by atoms with Gasteiger partial charge in [-0.3, -0.25) is 9.13 Å². The molecule has 1 saturated heterocycles. The Morgan fingerprint density at radius 2 is 1.89 bits per heavy atom. The first-order chi connectivity index (χ1) is 16.8. The van der Waals surface area contributed by atoms with E-state index >= 15 is 0 Å². The Kier molecular flexibility index (Phi) is 7.89. The zero-order chi connectivity index (χ0) is 26.3. The van der Waals surface area contributed by atoms with E-state index in [2.05, 4.69) is 15.4 Å². The average Bonchev–Trinajstić information content (AvgIpc) is 3.32. The van der Waals surface area contributed by atoms with Crippen molar-refractivity contribution in [1.29, 1.82) is 0 Å². The molecular formula is C20H25ClN4O9P2. The van der Waals surface area contributed by atoms with Crippen LogP contribution in [0.25, 0.3) is 5.65 Å². The molecule has 3 heterocycles. The number of aromatic nitrogens is 3. The summed E-state index contributed by atoms with van der Waals surface area (Å²) in [6, 6.07) is 11.2. The lowest BCUT2D eigenvalue weighted by Gasteiger charge is -2.18. The van der Waals surface area contributed by atoms with Crippen LogP contribution in [0.5, 0.6) is 0 Å². The summed E-state index contributed by atoms with van der Waals surface area (Å²) in [6.07, 6.45) is -4.06. The zero-order valence-electron chi connectivity index (χ0n) is 18.8. The number of fused-ring (bicyclic) bond motifs is 1. The van der Waals surface area contributed by atoms with E-state index in [9.17, 15) is 24.2 Å². The second kappa shape index (κ2) is 10.5. The number of nitrogens with zero attached hydrogens (tertiary/aromatic N) is 3. The number of ether oxygens (including phenoxy) is 1. The van der Waals surface area contributed by atoms with Gasteiger partial charge in [-0.25, -0.2) is 9.50 Å². The molecule has 0 aliphatic carbocycles. The van der Waals surface area contributed by atoms with Gasteiger partial charge in [-0.1, -0.05) is 41.9 Å². The molecule has 3 aromatic rings. The third-order valence-electron chi connectivity index (χ3n) is 5.59. The highest BCUT2D eigenvalue weighted by Crippen LogP contribution is 2.55. The second-order valence-corrected chi connectivity index (χ2v) is 12.8. The van der Waals surface area contributed by atoms with E-state index in [4.69, 9.17) is 30.6 Å². The monoisotopic (exact) mass is 562 g/mol. The van der Waals surface area contributed by atoms with Crippen molar-refractivity contribution in [3.8, 4) is 0 Å². The average molecular weight is 563 g/mol. The van der Waals surface area contributed by atoms with Gasteiger partial charge < -0.3 is 39.5 Å². The summed E-state index contributed by atoms with van der Waals surface area (Å²) >= 11 is 6.24. The van der Waals surface area contributed by atoms with E-state index in [1.165, 1.54) is 10.7 Å². The molecule has 1 fully saturated rings. The van der Waals surface area contributed by atoms with Gasteiger partial charge in [-0.05, 0) is 12.5 Å². The van der Waals surface area contributed by atoms with Gasteiger partial charge in [-0.15, -0.1) is 0 Å². The first-order valence-corrected chi connectivity index (χ1v) is 14.7. The van der Waals surface area contributed by atoms with E-state index in [1.54, 1.807) is 6.07 Å². The SMILES string of the molecule is C[C@H](Nc1cc(Cl)nn2c([C@@H]3O[C@H](COP(=O)(O)CP(=O)(O)O)[C@@H](O)[C@H]3O)cnc12)c1ccccc1. The highest BCUT2D eigenvalue weighted by atomic mass is 35.5. The lowest BCUT2D eigenvalue weighted by Crippen LogP contribution is -2.33. The van der Waals surface area contributed by atoms with Crippen LogP contribution in [0.15, 0.2) is 42.6 Å². The minimum absolute atomic E-state index is 0.104. The molecule has 0 spiro atoms. The maximum absolute atomic E-state index is 11.9. The summed E-state index contributed by atoms with van der Waals surface area (Å²) in [5, 5.41) is 28.7. The Balaban J connectivity index is 1.55. The Morgan fingerprint density at radius 1 is 1.19 bits per heavy atom. The molecule has 0 bridgehead atoms. The van der Waals surface area contributed by atoms with Crippen LogP contribution in [-0.2, 0) is 18.4 Å². The van der Waals surface area contributed by atoms with Crippen molar-refractivity contribution in [3.05, 3.63) is 59.0 Å². The standard InChI is InChI=1S/C20H25ClN4O9P2/c1-11(12-5-3-2-4-6-12)23-13-7-16(21)24-25-14(8-22-20(13)25)19-18(27)17(26)15(34-19)9-33-36(31,32)10-35(28,29)30/h2-8,11,15,17-19,23,26-27H,9-10H2,1H3,(H,31,32)(H2,28,29,30)/t11-,15+,17+,18+,19-/m0/s1. The van der Waals surface area contributed by atoms with E-state index in [0.29, 0.717) is 11.3 Å². The quantitative estimate of drug-likeness (QED) is 0.208. The highest BCUT2D eigenvalue weighted by molar-refractivity contribution is 7.70. The highest BCUT2D eigenvalue weighted by Gasteiger charge is 2.46. The number of nitrogens with one attached hydrogen (secondary N) is 1. The number of hydrogen-bond donors (Lipinski definition) is 6. The molecule has 196 valence electrons. The molecule has 1 aliphatic heterocycles. The van der Waals surface area contributed by atoms with Crippen LogP contribution in [0.2, 0.25) is 5.15 Å². The maximum Gasteiger partial charge on any atom is 0.340 e. The molecule has 0 saturated carbocycles. The van der Waals surface area contributed by atoms with Gasteiger partial charge in [0.2, 0.25) is 0 Å². The Labute approximate surface area is 210 Å². The molecule has 1 unspecified atom stereocenters. The summed E-state index contributed by atoms with van der Waals surface area (Å²) in [5.41, 5.74) is 2.21. The van der Waals surface area contributed by atoms with E-state index in [0.717, 1.165) is 5.56 Å². The summed E-state index contributed by atoms with van der Waals surface area (Å²) in [7, 11) is -9.50. The fraction of sp³-hybridized carbons (Fsp3) is 0.400. The lowest BCUT2D eigenvalue weighted by molar-refractivity contribution is -0.0204. The molecule has 1 aromatic carbocycles. The summed E-state index contributed by atoms with van der Waals surface area (Å²) in [4.78, 5) is 31.9. The minimum atomic E-state index is -4.82. The largest absolute Gasteiger partial charge is 0.387 e. The van der Waals surface area contributed by atoms with Gasteiger partial charge in [0.05, 0.1) is 24.2 Å². The van der Waals surface area contributed by atoms with E-state index in [1.807, 2.05) is 37.3 Å². The van der Waals surface area contributed by atoms with Gasteiger partial charge in [0.15, 0.2) is 16.7 Å². The van der Waals surface area contributed by atoms with Crippen LogP contribution in [-0.4, -0.2) is 70.3 Å². The second-order valence-electron chi connectivity index (χ2n) is 8.39. The predicted molar refractivity (Wildman–Crippen MR) is 129 cm³/mol. The number of hydrogen-bond acceptors (Lipinski definition) is 9. The fourth-order valence-electron chi connectivity index (χ4n) is 3.91. The number of halogens is 1. The Bertz CT molecular complexity index is 1320. The van der Waals surface area contributed by atoms with Gasteiger partial charge in [0.25, 0.3) is 0 Å². The Morgan fingerprint density at radius 3 is 2.56 bits per heavy atom. The molecule has 0 amide bonds. The van der Waals surface area contributed by atoms with Crippen molar-refractivity contribution >= 4 is 38.1 Å². The first-order valence-electron chi connectivity index (χ1n) is 10.7. The number of anilines is 1. The molecule has 16 heteroatoms. The number of imidazole rings is 1. The van der Waals surface area contributed by atoms with Crippen LogP contribution in [0.3, 0.4) is 0 Å². The van der Waals surface area contributed by atoms with Gasteiger partial charge in [0, 0.05) is 12.1 Å². The topological polar surface area (TPSA) is 196 Å². The van der Waals surface area contributed by atoms with Crippen LogP contribution in [0.1, 0.15) is 30.3 Å². The molecule has 4 rings (SSSR count). The summed E-state index contributed by atoms with van der Waals surface area (Å²) < 4.78 is 34.7. The molecule has 36 heavy (non-hydrogen) atoms. The van der Waals surface area contributed by atoms with Crippen molar-refractivity contribution in [3.63, 3.8) is 0 Å². The van der Waals surface area contributed by atoms with E-state index in [-0.39, 0.29) is 16.9 Å². The Hall–Kier alpha value is -1.89. The number of benzene rings is 1. The van der Waals surface area contributed by atoms with E-state index < -0.39 is 52.1 Å². The minimum Gasteiger partial charge on any atom is -0.387 e. The maximum atomic E-state index is 11.9. The third-order valence-corrected chi connectivity index (χ3v) is 9.23. The third kappa shape index (κ3) is 6.15. The first kappa shape index (κ1) is 27.2. The van der Waals surface area contributed by atoms with Crippen molar-refractivity contribution in [1.82, 2.24) is 14.6 Å². The van der Waals surface area contributed by atoms with Crippen LogP contribution >= 0.6 is 26.8 Å². The molecule has 2 aromatic heterocycles. The molecular weight excluding hydrogens is 538 g/mol. The molecule has 6 atom stereocenters. The van der Waals surface area contributed by atoms with Gasteiger partial charge in [-0.2, -0.15) is 5.10 Å². The van der Waals surface area contributed by atoms with Crippen LogP contribution in [0.4, 0.5) is 5.69 Å². The van der Waals surface area contributed by atoms with Gasteiger partial charge in [0.1, 0.15) is 24.4 Å². The molecule has 6 N–H and O–H groups in total. The van der Waals surface area contributed by atoms with Crippen LogP contribution < -0.4 is 5.32 Å². The lowest BCUT2D eigenvalue weighted by atomic mass is 10.1. The predicted octanol–water partition coefficient (Wildman–Crippen LogP) is 2.05. The summed E-state index contributed by atoms with van der Waals surface area (Å²) in [6.45, 7) is 1.26. The molecule has 0 radical (unpaired) electrons. The van der Waals surface area contributed by atoms with Crippen LogP contribution in [0, 0.1) is 0 Å². The fourth-order valence-corrected chi connectivity index (χ4v) is 6.66. The van der Waals surface area contributed by atoms with Crippen molar-refractivity contribution < 1.29 is 43.3 Å². The molecule has 13 nitrogen and oxygen atoms in total. The zero-order valence-corrected chi connectivity index (χ0v) is 21.4. The number of rotatable bonds is 9. The van der Waals surface area contributed by atoms with Crippen molar-refractivity contribution in [2.45, 2.75) is 37.4 Å². The molecule has 1 aliphatic rings. The van der Waals surface area contributed by atoms with Crippen molar-refractivity contribution in [2.75, 3.05) is 17.8 Å². The number of aliphatic hydroxyl groups excluding tert-OH is 2.